The van der Waals surface area contributed by atoms with E-state index in [1.165, 1.54) is 11.1 Å². The Hall–Kier alpha value is -2.21. The average Bonchev–Trinajstić information content (AvgIpc) is 2.97. The monoisotopic (exact) mass is 352 g/mol. The number of nitrogens with one attached hydrogen (secondary N) is 1. The van der Waals surface area contributed by atoms with Gasteiger partial charge in [-0.2, -0.15) is 5.10 Å². The largest absolute Gasteiger partial charge is 0.336 e. The summed E-state index contributed by atoms with van der Waals surface area (Å²) in [6, 6.07) is 8.56. The lowest BCUT2D eigenvalue weighted by molar-refractivity contribution is -0.140. The van der Waals surface area contributed by atoms with Gasteiger partial charge in [-0.25, -0.2) is 4.68 Å². The number of carbonyl (C=O) groups excluding carboxylic acids is 1. The van der Waals surface area contributed by atoms with E-state index in [0.717, 1.165) is 31.2 Å². The zero-order chi connectivity index (χ0) is 17.9. The minimum absolute atomic E-state index is 0.0140. The summed E-state index contributed by atoms with van der Waals surface area (Å²) in [4.78, 5) is 27.8. The van der Waals surface area contributed by atoms with E-state index < -0.39 is 0 Å². The first-order valence-electron chi connectivity index (χ1n) is 9.57. The number of fused-ring (bicyclic) bond motifs is 2. The molecule has 2 bridgehead atoms. The Morgan fingerprint density at radius 1 is 1.35 bits per heavy atom. The van der Waals surface area contributed by atoms with Crippen molar-refractivity contribution >= 4 is 16.7 Å². The molecule has 4 atom stereocenters. The maximum absolute atomic E-state index is 13.1. The van der Waals surface area contributed by atoms with Crippen LogP contribution >= 0.6 is 0 Å². The molecular formula is C20H24N4O2. The van der Waals surface area contributed by atoms with Gasteiger partial charge in [0.05, 0.1) is 11.6 Å². The zero-order valence-corrected chi connectivity index (χ0v) is 15.0. The second-order valence-electron chi connectivity index (χ2n) is 8.31. The fraction of sp³-hybridized carbons (Fsp3) is 0.550. The Morgan fingerprint density at radius 3 is 3.08 bits per heavy atom. The van der Waals surface area contributed by atoms with Crippen LogP contribution in [0.25, 0.3) is 10.8 Å². The van der Waals surface area contributed by atoms with E-state index in [4.69, 9.17) is 0 Å². The molecule has 1 aliphatic carbocycles. The molecule has 0 spiro atoms. The van der Waals surface area contributed by atoms with Crippen LogP contribution in [0.2, 0.25) is 0 Å². The van der Waals surface area contributed by atoms with Crippen LogP contribution in [0, 0.1) is 5.41 Å². The molecule has 136 valence electrons. The SMILES string of the molecule is C[C@@]12C[C@H]3CN(C(=O)Cn4ncc5ccccc5c4=O)[C@@H]1CCC[C@@H]2N3. The van der Waals surface area contributed by atoms with Crippen LogP contribution in [0.15, 0.2) is 35.3 Å². The molecule has 3 fully saturated rings. The first kappa shape index (κ1) is 16.0. The molecule has 1 amide bonds. The van der Waals surface area contributed by atoms with Gasteiger partial charge in [-0.05, 0) is 31.7 Å². The third kappa shape index (κ3) is 2.24. The van der Waals surface area contributed by atoms with Gasteiger partial charge in [0.25, 0.3) is 5.56 Å². The number of hydrogen-bond acceptors (Lipinski definition) is 4. The van der Waals surface area contributed by atoms with E-state index in [1.54, 1.807) is 12.3 Å². The molecule has 2 aromatic rings. The fourth-order valence-electron chi connectivity index (χ4n) is 5.56. The van der Waals surface area contributed by atoms with Gasteiger partial charge in [-0.15, -0.1) is 0 Å². The highest BCUT2D eigenvalue weighted by Gasteiger charge is 2.56. The van der Waals surface area contributed by atoms with Crippen molar-refractivity contribution < 1.29 is 4.79 Å². The molecule has 0 unspecified atom stereocenters. The highest BCUT2D eigenvalue weighted by atomic mass is 16.2. The maximum Gasteiger partial charge on any atom is 0.275 e. The lowest BCUT2D eigenvalue weighted by atomic mass is 9.66. The first-order chi connectivity index (χ1) is 12.6. The average molecular weight is 352 g/mol. The summed E-state index contributed by atoms with van der Waals surface area (Å²) in [6.45, 7) is 3.10. The van der Waals surface area contributed by atoms with Crippen molar-refractivity contribution in [2.24, 2.45) is 5.41 Å². The summed E-state index contributed by atoms with van der Waals surface area (Å²) >= 11 is 0. The molecular weight excluding hydrogens is 328 g/mol. The van der Waals surface area contributed by atoms with Gasteiger partial charge in [0.15, 0.2) is 0 Å². The van der Waals surface area contributed by atoms with Crippen molar-refractivity contribution in [1.29, 1.82) is 0 Å². The Bertz CT molecular complexity index is 939. The molecule has 6 heteroatoms. The number of rotatable bonds is 2. The number of likely N-dealkylation sites (tertiary alicyclic amines) is 1. The van der Waals surface area contributed by atoms with E-state index in [2.05, 4.69) is 17.3 Å². The van der Waals surface area contributed by atoms with E-state index in [0.29, 0.717) is 17.5 Å². The fourth-order valence-corrected chi connectivity index (χ4v) is 5.56. The van der Waals surface area contributed by atoms with Crippen LogP contribution in [0.5, 0.6) is 0 Å². The predicted molar refractivity (Wildman–Crippen MR) is 98.8 cm³/mol. The van der Waals surface area contributed by atoms with Gasteiger partial charge in [-0.1, -0.05) is 25.1 Å². The Balaban J connectivity index is 1.44. The van der Waals surface area contributed by atoms with Crippen molar-refractivity contribution in [2.45, 2.75) is 57.3 Å². The molecule has 5 rings (SSSR count). The van der Waals surface area contributed by atoms with Crippen LogP contribution in [-0.4, -0.2) is 45.3 Å². The second-order valence-corrected chi connectivity index (χ2v) is 8.31. The van der Waals surface area contributed by atoms with Crippen molar-refractivity contribution in [3.8, 4) is 0 Å². The molecule has 2 saturated heterocycles. The predicted octanol–water partition coefficient (Wildman–Crippen LogP) is 1.53. The lowest BCUT2D eigenvalue weighted by Gasteiger charge is -2.50. The Labute approximate surface area is 152 Å². The summed E-state index contributed by atoms with van der Waals surface area (Å²) in [5, 5.41) is 9.38. The van der Waals surface area contributed by atoms with Crippen LogP contribution in [0.3, 0.4) is 0 Å². The number of benzene rings is 1. The van der Waals surface area contributed by atoms with Crippen LogP contribution < -0.4 is 10.9 Å². The normalized spacial score (nSPS) is 32.8. The summed E-state index contributed by atoms with van der Waals surface area (Å²) < 4.78 is 1.32. The number of amides is 1. The van der Waals surface area contributed by atoms with Crippen LogP contribution in [-0.2, 0) is 11.3 Å². The topological polar surface area (TPSA) is 67.2 Å². The highest BCUT2D eigenvalue weighted by Crippen LogP contribution is 2.49. The summed E-state index contributed by atoms with van der Waals surface area (Å²) in [7, 11) is 0. The molecule has 1 N–H and O–H groups in total. The molecule has 2 aliphatic heterocycles. The maximum atomic E-state index is 13.1. The molecule has 0 radical (unpaired) electrons. The number of piperidine rings is 1. The van der Waals surface area contributed by atoms with E-state index in [9.17, 15) is 9.59 Å². The van der Waals surface area contributed by atoms with Crippen molar-refractivity contribution in [3.05, 3.63) is 40.8 Å². The van der Waals surface area contributed by atoms with Gasteiger partial charge in [0.1, 0.15) is 6.54 Å². The third-order valence-electron chi connectivity index (χ3n) is 6.81. The number of carbonyl (C=O) groups is 1. The van der Waals surface area contributed by atoms with Crippen molar-refractivity contribution in [1.82, 2.24) is 20.0 Å². The van der Waals surface area contributed by atoms with E-state index in [1.807, 2.05) is 23.1 Å². The number of aromatic nitrogens is 2. The van der Waals surface area contributed by atoms with Crippen LogP contribution in [0.4, 0.5) is 0 Å². The van der Waals surface area contributed by atoms with E-state index in [-0.39, 0.29) is 29.5 Å². The molecule has 3 heterocycles. The number of hydrogen-bond donors (Lipinski definition) is 1. The molecule has 26 heavy (non-hydrogen) atoms. The molecule has 6 nitrogen and oxygen atoms in total. The lowest BCUT2D eigenvalue weighted by Crippen LogP contribution is -2.58. The van der Waals surface area contributed by atoms with Crippen molar-refractivity contribution in [3.63, 3.8) is 0 Å². The van der Waals surface area contributed by atoms with E-state index >= 15 is 0 Å². The summed E-state index contributed by atoms with van der Waals surface area (Å²) in [6.07, 6.45) is 6.25. The standard InChI is InChI=1S/C20H24N4O2/c1-20-9-14-11-23(17(20)8-4-7-16(20)22-14)18(25)12-24-19(26)15-6-3-2-5-13(15)10-21-24/h2-3,5-6,10,14,16-17,22H,4,7-9,11-12H2,1H3/t14-,16-,17+,20-/m0/s1. The quantitative estimate of drug-likeness (QED) is 0.890. The van der Waals surface area contributed by atoms with Gasteiger partial charge < -0.3 is 10.2 Å². The smallest absolute Gasteiger partial charge is 0.275 e. The van der Waals surface area contributed by atoms with Gasteiger partial charge in [-0.3, -0.25) is 9.59 Å². The second kappa shape index (κ2) is 5.64. The Morgan fingerprint density at radius 2 is 2.19 bits per heavy atom. The van der Waals surface area contributed by atoms with Gasteiger partial charge in [0.2, 0.25) is 5.91 Å². The van der Waals surface area contributed by atoms with Gasteiger partial charge >= 0.3 is 0 Å². The Kier molecular flexibility index (Phi) is 3.47. The minimum atomic E-state index is -0.192. The molecule has 1 aromatic heterocycles. The van der Waals surface area contributed by atoms with Crippen molar-refractivity contribution in [2.75, 3.05) is 6.54 Å². The van der Waals surface area contributed by atoms with Crippen LogP contribution in [0.1, 0.15) is 32.6 Å². The zero-order valence-electron chi connectivity index (χ0n) is 15.0. The third-order valence-corrected chi connectivity index (χ3v) is 6.81. The molecule has 1 aromatic carbocycles. The highest BCUT2D eigenvalue weighted by molar-refractivity contribution is 5.81. The van der Waals surface area contributed by atoms with Gasteiger partial charge in [0, 0.05) is 35.5 Å². The summed E-state index contributed by atoms with van der Waals surface area (Å²) in [5.74, 6) is 0.0140. The minimum Gasteiger partial charge on any atom is -0.336 e. The first-order valence-corrected chi connectivity index (χ1v) is 9.57. The molecule has 3 aliphatic rings. The summed E-state index contributed by atoms with van der Waals surface area (Å²) in [5.41, 5.74) is -0.0270. The number of nitrogens with zero attached hydrogens (tertiary/aromatic N) is 3. The molecule has 1 saturated carbocycles.